The molecule has 6 nitrogen and oxygen atoms in total. The molecule has 0 amide bonds. The molecular weight excluding hydrogens is 254 g/mol. The molecule has 0 spiro atoms. The maximum Gasteiger partial charge on any atom is 0.213 e. The van der Waals surface area contributed by atoms with Gasteiger partial charge in [0.05, 0.1) is 18.5 Å². The number of ether oxygens (including phenoxy) is 1. The summed E-state index contributed by atoms with van der Waals surface area (Å²) in [5, 5.41) is 0. The zero-order valence-electron chi connectivity index (χ0n) is 10.8. The summed E-state index contributed by atoms with van der Waals surface area (Å²) >= 11 is 0. The van der Waals surface area contributed by atoms with Crippen molar-refractivity contribution in [3.05, 3.63) is 18.2 Å². The van der Waals surface area contributed by atoms with Gasteiger partial charge in [0.15, 0.2) is 0 Å². The molecule has 0 unspecified atom stereocenters. The molecule has 0 radical (unpaired) electrons. The Kier molecular flexibility index (Phi) is 6.31. The van der Waals surface area contributed by atoms with Crippen molar-refractivity contribution in [1.82, 2.24) is 14.7 Å². The van der Waals surface area contributed by atoms with Crippen LogP contribution in [0, 0.1) is 0 Å². The van der Waals surface area contributed by atoms with Crippen molar-refractivity contribution < 1.29 is 13.2 Å². The molecule has 1 aromatic rings. The Morgan fingerprint density at radius 3 is 2.89 bits per heavy atom. The standard InChI is InChI=1S/C11H21N3O3S/c1-10(2)17-8-9-18(15,16)14-5-3-4-11-12-6-7-13-11/h6-7,10,14H,3-5,8-9H2,1-2H3,(H,12,13). The number of aromatic nitrogens is 2. The van der Waals surface area contributed by atoms with E-state index in [-0.39, 0.29) is 18.5 Å². The highest BCUT2D eigenvalue weighted by molar-refractivity contribution is 7.89. The number of rotatable bonds is 9. The number of nitrogens with one attached hydrogen (secondary N) is 2. The van der Waals surface area contributed by atoms with Crippen LogP contribution in [-0.2, 0) is 21.2 Å². The molecular formula is C11H21N3O3S. The molecule has 0 saturated carbocycles. The molecule has 0 saturated heterocycles. The molecule has 1 aromatic heterocycles. The van der Waals surface area contributed by atoms with Gasteiger partial charge >= 0.3 is 0 Å². The highest BCUT2D eigenvalue weighted by Crippen LogP contribution is 1.95. The Bertz CT molecular complexity index is 415. The first kappa shape index (κ1) is 15.1. The summed E-state index contributed by atoms with van der Waals surface area (Å²) in [6.45, 7) is 4.41. The van der Waals surface area contributed by atoms with Crippen LogP contribution in [0.15, 0.2) is 12.4 Å². The zero-order valence-corrected chi connectivity index (χ0v) is 11.7. The summed E-state index contributed by atoms with van der Waals surface area (Å²) in [6.07, 6.45) is 4.94. The molecule has 0 bridgehead atoms. The molecule has 1 rings (SSSR count). The largest absolute Gasteiger partial charge is 0.378 e. The quantitative estimate of drug-likeness (QED) is 0.649. The van der Waals surface area contributed by atoms with E-state index in [4.69, 9.17) is 4.74 Å². The zero-order chi connectivity index (χ0) is 13.4. The minimum Gasteiger partial charge on any atom is -0.378 e. The van der Waals surface area contributed by atoms with Gasteiger partial charge in [-0.3, -0.25) is 0 Å². The van der Waals surface area contributed by atoms with Crippen molar-refractivity contribution >= 4 is 10.0 Å². The lowest BCUT2D eigenvalue weighted by Crippen LogP contribution is -2.30. The molecule has 0 atom stereocenters. The van der Waals surface area contributed by atoms with E-state index >= 15 is 0 Å². The number of H-pyrrole nitrogens is 1. The van der Waals surface area contributed by atoms with Crippen LogP contribution >= 0.6 is 0 Å². The molecule has 0 aliphatic heterocycles. The molecule has 0 aliphatic rings. The smallest absolute Gasteiger partial charge is 0.213 e. The first-order valence-electron chi connectivity index (χ1n) is 6.07. The van der Waals surface area contributed by atoms with Gasteiger partial charge in [-0.1, -0.05) is 0 Å². The topological polar surface area (TPSA) is 84.1 Å². The van der Waals surface area contributed by atoms with Crippen LogP contribution in [0.5, 0.6) is 0 Å². The van der Waals surface area contributed by atoms with Gasteiger partial charge in [-0.05, 0) is 20.3 Å². The van der Waals surface area contributed by atoms with Gasteiger partial charge in [0, 0.05) is 25.4 Å². The fraction of sp³-hybridized carbons (Fsp3) is 0.727. The highest BCUT2D eigenvalue weighted by atomic mass is 32.2. The number of sulfonamides is 1. The lowest BCUT2D eigenvalue weighted by molar-refractivity contribution is 0.0911. The number of aromatic amines is 1. The van der Waals surface area contributed by atoms with Crippen molar-refractivity contribution in [3.63, 3.8) is 0 Å². The van der Waals surface area contributed by atoms with Gasteiger partial charge in [0.1, 0.15) is 5.82 Å². The van der Waals surface area contributed by atoms with E-state index < -0.39 is 10.0 Å². The van der Waals surface area contributed by atoms with Gasteiger partial charge < -0.3 is 9.72 Å². The maximum absolute atomic E-state index is 11.6. The average Bonchev–Trinajstić information content (AvgIpc) is 2.76. The molecule has 2 N–H and O–H groups in total. The van der Waals surface area contributed by atoms with Crippen molar-refractivity contribution in [1.29, 1.82) is 0 Å². The normalized spacial score (nSPS) is 12.2. The fourth-order valence-corrected chi connectivity index (χ4v) is 2.30. The summed E-state index contributed by atoms with van der Waals surface area (Å²) in [4.78, 5) is 7.04. The van der Waals surface area contributed by atoms with Crippen molar-refractivity contribution in [2.45, 2.75) is 32.8 Å². The lowest BCUT2D eigenvalue weighted by Gasteiger charge is -2.09. The first-order chi connectivity index (χ1) is 8.49. The third-order valence-corrected chi connectivity index (χ3v) is 3.62. The van der Waals surface area contributed by atoms with Crippen molar-refractivity contribution in [3.8, 4) is 0 Å². The van der Waals surface area contributed by atoms with E-state index in [9.17, 15) is 8.42 Å². The molecule has 0 fully saturated rings. The van der Waals surface area contributed by atoms with E-state index in [0.29, 0.717) is 6.54 Å². The Labute approximate surface area is 108 Å². The molecule has 0 aromatic carbocycles. The van der Waals surface area contributed by atoms with Crippen molar-refractivity contribution in [2.24, 2.45) is 0 Å². The first-order valence-corrected chi connectivity index (χ1v) is 7.72. The van der Waals surface area contributed by atoms with Crippen LogP contribution < -0.4 is 4.72 Å². The van der Waals surface area contributed by atoms with E-state index in [1.54, 1.807) is 12.4 Å². The summed E-state index contributed by atoms with van der Waals surface area (Å²) in [6, 6.07) is 0. The number of aryl methyl sites for hydroxylation is 1. The van der Waals surface area contributed by atoms with Crippen LogP contribution in [0.2, 0.25) is 0 Å². The predicted octanol–water partition coefficient (Wildman–Crippen LogP) is 0.687. The minimum absolute atomic E-state index is 0.00588. The molecule has 104 valence electrons. The molecule has 18 heavy (non-hydrogen) atoms. The minimum atomic E-state index is -3.22. The van der Waals surface area contributed by atoms with Crippen LogP contribution in [0.25, 0.3) is 0 Å². The van der Waals surface area contributed by atoms with Crippen LogP contribution in [0.3, 0.4) is 0 Å². The Balaban J connectivity index is 2.13. The second-order valence-corrected chi connectivity index (χ2v) is 6.20. The lowest BCUT2D eigenvalue weighted by atomic mass is 10.3. The van der Waals surface area contributed by atoms with E-state index in [2.05, 4.69) is 14.7 Å². The Morgan fingerprint density at radius 2 is 2.28 bits per heavy atom. The summed E-state index contributed by atoms with van der Waals surface area (Å²) in [5.74, 6) is 0.878. The van der Waals surface area contributed by atoms with E-state index in [1.807, 2.05) is 13.8 Å². The van der Waals surface area contributed by atoms with Gasteiger partial charge in [0.2, 0.25) is 10.0 Å². The number of hydrogen-bond acceptors (Lipinski definition) is 4. The average molecular weight is 275 g/mol. The highest BCUT2D eigenvalue weighted by Gasteiger charge is 2.09. The van der Waals surface area contributed by atoms with Crippen LogP contribution in [0.1, 0.15) is 26.1 Å². The maximum atomic E-state index is 11.6. The van der Waals surface area contributed by atoms with Crippen LogP contribution in [-0.4, -0.2) is 43.4 Å². The van der Waals surface area contributed by atoms with Gasteiger partial charge in [-0.2, -0.15) is 0 Å². The molecule has 0 aliphatic carbocycles. The van der Waals surface area contributed by atoms with Crippen molar-refractivity contribution in [2.75, 3.05) is 18.9 Å². The fourth-order valence-electron chi connectivity index (χ4n) is 1.38. The number of hydrogen-bond donors (Lipinski definition) is 2. The summed E-state index contributed by atoms with van der Waals surface area (Å²) in [5.41, 5.74) is 0. The van der Waals surface area contributed by atoms with Gasteiger partial charge in [-0.15, -0.1) is 0 Å². The Morgan fingerprint density at radius 1 is 1.50 bits per heavy atom. The molecule has 7 heteroatoms. The Hall–Kier alpha value is -0.920. The predicted molar refractivity (Wildman–Crippen MR) is 69.8 cm³/mol. The second kappa shape index (κ2) is 7.50. The van der Waals surface area contributed by atoms with Gasteiger partial charge in [0.25, 0.3) is 0 Å². The monoisotopic (exact) mass is 275 g/mol. The number of imidazole rings is 1. The summed E-state index contributed by atoms with van der Waals surface area (Å²) in [7, 11) is -3.22. The SMILES string of the molecule is CC(C)OCCS(=O)(=O)NCCCc1ncc[nH]1. The summed E-state index contributed by atoms with van der Waals surface area (Å²) < 4.78 is 30.9. The number of nitrogens with zero attached hydrogens (tertiary/aromatic N) is 1. The van der Waals surface area contributed by atoms with Gasteiger partial charge in [-0.25, -0.2) is 18.1 Å². The third kappa shape index (κ3) is 6.73. The second-order valence-electron chi connectivity index (χ2n) is 4.27. The van der Waals surface area contributed by atoms with Crippen LogP contribution in [0.4, 0.5) is 0 Å². The van der Waals surface area contributed by atoms with E-state index in [0.717, 1.165) is 18.7 Å². The third-order valence-electron chi connectivity index (χ3n) is 2.27. The molecule has 1 heterocycles. The van der Waals surface area contributed by atoms with E-state index in [1.165, 1.54) is 0 Å².